The maximum atomic E-state index is 5.74. The number of nitrogens with one attached hydrogen (secondary N) is 1. The zero-order valence-electron chi connectivity index (χ0n) is 11.7. The molecule has 0 fully saturated rings. The van der Waals surface area contributed by atoms with Crippen LogP contribution >= 0.6 is 0 Å². The van der Waals surface area contributed by atoms with Gasteiger partial charge < -0.3 is 19.5 Å². The van der Waals surface area contributed by atoms with Gasteiger partial charge in [-0.15, -0.1) is 0 Å². The van der Waals surface area contributed by atoms with Gasteiger partial charge in [-0.05, 0) is 25.6 Å². The summed E-state index contributed by atoms with van der Waals surface area (Å²) in [7, 11) is 3.34. The molecule has 4 heteroatoms. The minimum Gasteiger partial charge on any atom is -0.496 e. The Labute approximate surface area is 109 Å². The Hall–Kier alpha value is -1.26. The van der Waals surface area contributed by atoms with Crippen molar-refractivity contribution in [1.82, 2.24) is 5.32 Å². The van der Waals surface area contributed by atoms with Gasteiger partial charge in [-0.1, -0.05) is 13.0 Å². The van der Waals surface area contributed by atoms with E-state index in [1.54, 1.807) is 14.2 Å². The molecule has 1 aromatic rings. The Balaban J connectivity index is 2.92. The second kappa shape index (κ2) is 7.95. The molecule has 1 aromatic carbocycles. The van der Waals surface area contributed by atoms with Crippen molar-refractivity contribution in [2.24, 2.45) is 0 Å². The van der Waals surface area contributed by atoms with Crippen molar-refractivity contribution < 1.29 is 14.2 Å². The fourth-order valence-electron chi connectivity index (χ4n) is 1.90. The zero-order chi connectivity index (χ0) is 13.4. The van der Waals surface area contributed by atoms with Crippen LogP contribution in [0.4, 0.5) is 0 Å². The summed E-state index contributed by atoms with van der Waals surface area (Å²) in [5, 5.41) is 3.38. The molecule has 102 valence electrons. The predicted octanol–water partition coefficient (Wildman–Crippen LogP) is 2.39. The Kier molecular flexibility index (Phi) is 6.54. The molecule has 0 aliphatic carbocycles. The van der Waals surface area contributed by atoms with E-state index in [1.807, 2.05) is 18.2 Å². The summed E-state index contributed by atoms with van der Waals surface area (Å²) in [5.41, 5.74) is 1.05. The van der Waals surface area contributed by atoms with Gasteiger partial charge in [0.2, 0.25) is 0 Å². The molecular formula is C14H23NO3. The SMILES string of the molecule is CCNC(C)c1c(OC)cccc1OCCOC. The molecule has 4 nitrogen and oxygen atoms in total. The fraction of sp³-hybridized carbons (Fsp3) is 0.571. The van der Waals surface area contributed by atoms with Crippen molar-refractivity contribution in [3.63, 3.8) is 0 Å². The minimum atomic E-state index is 0.184. The standard InChI is InChI=1S/C14H23NO3/c1-5-15-11(2)14-12(17-4)7-6-8-13(14)18-10-9-16-3/h6-8,11,15H,5,9-10H2,1-4H3. The van der Waals surface area contributed by atoms with E-state index in [4.69, 9.17) is 14.2 Å². The highest BCUT2D eigenvalue weighted by Crippen LogP contribution is 2.33. The molecule has 0 heterocycles. The van der Waals surface area contributed by atoms with Crippen LogP contribution in [-0.4, -0.2) is 34.0 Å². The number of hydrogen-bond acceptors (Lipinski definition) is 4. The van der Waals surface area contributed by atoms with E-state index in [-0.39, 0.29) is 6.04 Å². The molecule has 0 radical (unpaired) electrons. The fourth-order valence-corrected chi connectivity index (χ4v) is 1.90. The number of benzene rings is 1. The third kappa shape index (κ3) is 3.89. The number of ether oxygens (including phenoxy) is 3. The lowest BCUT2D eigenvalue weighted by molar-refractivity contribution is 0.145. The second-order valence-electron chi connectivity index (χ2n) is 3.99. The normalized spacial score (nSPS) is 12.2. The number of methoxy groups -OCH3 is 2. The van der Waals surface area contributed by atoms with E-state index in [0.717, 1.165) is 23.6 Å². The molecule has 0 aliphatic heterocycles. The monoisotopic (exact) mass is 253 g/mol. The van der Waals surface area contributed by atoms with E-state index in [0.29, 0.717) is 13.2 Å². The lowest BCUT2D eigenvalue weighted by Crippen LogP contribution is -2.19. The van der Waals surface area contributed by atoms with E-state index in [1.165, 1.54) is 0 Å². The molecular weight excluding hydrogens is 230 g/mol. The molecule has 1 rings (SSSR count). The molecule has 1 N–H and O–H groups in total. The van der Waals surface area contributed by atoms with Crippen LogP contribution in [0.5, 0.6) is 11.5 Å². The van der Waals surface area contributed by atoms with Crippen molar-refractivity contribution in [3.8, 4) is 11.5 Å². The van der Waals surface area contributed by atoms with Gasteiger partial charge in [-0.2, -0.15) is 0 Å². The van der Waals surface area contributed by atoms with Crippen molar-refractivity contribution in [3.05, 3.63) is 23.8 Å². The maximum Gasteiger partial charge on any atom is 0.127 e. The van der Waals surface area contributed by atoms with Crippen LogP contribution in [0.15, 0.2) is 18.2 Å². The van der Waals surface area contributed by atoms with Crippen LogP contribution in [0.25, 0.3) is 0 Å². The molecule has 0 saturated heterocycles. The predicted molar refractivity (Wildman–Crippen MR) is 72.5 cm³/mol. The van der Waals surface area contributed by atoms with Gasteiger partial charge in [0.25, 0.3) is 0 Å². The summed E-state index contributed by atoms with van der Waals surface area (Å²) in [5.74, 6) is 1.69. The van der Waals surface area contributed by atoms with Gasteiger partial charge >= 0.3 is 0 Å². The summed E-state index contributed by atoms with van der Waals surface area (Å²) in [6.07, 6.45) is 0. The topological polar surface area (TPSA) is 39.7 Å². The molecule has 18 heavy (non-hydrogen) atoms. The average Bonchev–Trinajstić information content (AvgIpc) is 2.39. The highest BCUT2D eigenvalue weighted by atomic mass is 16.5. The summed E-state index contributed by atoms with van der Waals surface area (Å²) in [6, 6.07) is 6.03. The first-order valence-corrected chi connectivity index (χ1v) is 6.26. The Morgan fingerprint density at radius 2 is 1.89 bits per heavy atom. The maximum absolute atomic E-state index is 5.74. The highest BCUT2D eigenvalue weighted by molar-refractivity contribution is 5.46. The lowest BCUT2D eigenvalue weighted by Gasteiger charge is -2.20. The smallest absolute Gasteiger partial charge is 0.127 e. The molecule has 1 unspecified atom stereocenters. The van der Waals surface area contributed by atoms with Gasteiger partial charge in [0.05, 0.1) is 19.3 Å². The highest BCUT2D eigenvalue weighted by Gasteiger charge is 2.16. The molecule has 0 spiro atoms. The first-order valence-electron chi connectivity index (χ1n) is 6.26. The van der Waals surface area contributed by atoms with Crippen molar-refractivity contribution in [2.75, 3.05) is 34.0 Å². The van der Waals surface area contributed by atoms with Crippen LogP contribution in [0.3, 0.4) is 0 Å². The lowest BCUT2D eigenvalue weighted by atomic mass is 10.1. The molecule has 0 amide bonds. The Morgan fingerprint density at radius 3 is 2.50 bits per heavy atom. The number of hydrogen-bond donors (Lipinski definition) is 1. The van der Waals surface area contributed by atoms with E-state index < -0.39 is 0 Å². The Morgan fingerprint density at radius 1 is 1.17 bits per heavy atom. The average molecular weight is 253 g/mol. The quantitative estimate of drug-likeness (QED) is 0.722. The van der Waals surface area contributed by atoms with Gasteiger partial charge in [0, 0.05) is 13.2 Å². The zero-order valence-corrected chi connectivity index (χ0v) is 11.7. The van der Waals surface area contributed by atoms with Gasteiger partial charge in [0.15, 0.2) is 0 Å². The number of rotatable bonds is 8. The molecule has 0 bridgehead atoms. The van der Waals surface area contributed by atoms with Crippen LogP contribution in [0, 0.1) is 0 Å². The van der Waals surface area contributed by atoms with Gasteiger partial charge in [0.1, 0.15) is 18.1 Å². The third-order valence-corrected chi connectivity index (χ3v) is 2.73. The molecule has 0 aliphatic rings. The van der Waals surface area contributed by atoms with Crippen LogP contribution in [-0.2, 0) is 4.74 Å². The summed E-state index contributed by atoms with van der Waals surface area (Å²) in [6.45, 7) is 6.19. The van der Waals surface area contributed by atoms with Gasteiger partial charge in [-0.25, -0.2) is 0 Å². The summed E-state index contributed by atoms with van der Waals surface area (Å²) >= 11 is 0. The molecule has 1 atom stereocenters. The van der Waals surface area contributed by atoms with Gasteiger partial charge in [-0.3, -0.25) is 0 Å². The van der Waals surface area contributed by atoms with Crippen LogP contribution in [0.1, 0.15) is 25.5 Å². The van der Waals surface area contributed by atoms with E-state index in [2.05, 4.69) is 19.2 Å². The second-order valence-corrected chi connectivity index (χ2v) is 3.99. The van der Waals surface area contributed by atoms with Crippen molar-refractivity contribution in [1.29, 1.82) is 0 Å². The van der Waals surface area contributed by atoms with Crippen molar-refractivity contribution >= 4 is 0 Å². The van der Waals surface area contributed by atoms with Crippen LogP contribution in [0.2, 0.25) is 0 Å². The summed E-state index contributed by atoms with van der Waals surface area (Å²) < 4.78 is 16.1. The van der Waals surface area contributed by atoms with E-state index >= 15 is 0 Å². The largest absolute Gasteiger partial charge is 0.496 e. The van der Waals surface area contributed by atoms with E-state index in [9.17, 15) is 0 Å². The first kappa shape index (κ1) is 14.8. The molecule has 0 saturated carbocycles. The molecule has 0 aromatic heterocycles. The first-order chi connectivity index (χ1) is 8.74. The van der Waals surface area contributed by atoms with Crippen LogP contribution < -0.4 is 14.8 Å². The Bertz CT molecular complexity index is 355. The minimum absolute atomic E-state index is 0.184. The summed E-state index contributed by atoms with van der Waals surface area (Å²) in [4.78, 5) is 0. The third-order valence-electron chi connectivity index (χ3n) is 2.73. The van der Waals surface area contributed by atoms with Crippen molar-refractivity contribution in [2.45, 2.75) is 19.9 Å².